The molecule has 0 saturated carbocycles. The van der Waals surface area contributed by atoms with E-state index >= 15 is 0 Å². The van der Waals surface area contributed by atoms with Gasteiger partial charge in [-0.1, -0.05) is 35.4 Å². The van der Waals surface area contributed by atoms with Crippen LogP contribution in [0.4, 0.5) is 5.69 Å². The highest BCUT2D eigenvalue weighted by Gasteiger charge is 2.42. The van der Waals surface area contributed by atoms with Gasteiger partial charge in [0.1, 0.15) is 6.04 Å². The van der Waals surface area contributed by atoms with Gasteiger partial charge in [-0.25, -0.2) is 0 Å². The third-order valence-electron chi connectivity index (χ3n) is 5.60. The summed E-state index contributed by atoms with van der Waals surface area (Å²) in [5, 5.41) is 4.87. The first-order valence-electron chi connectivity index (χ1n) is 10.1. The fourth-order valence-electron chi connectivity index (χ4n) is 4.11. The summed E-state index contributed by atoms with van der Waals surface area (Å²) in [4.78, 5) is 6.79. The van der Waals surface area contributed by atoms with Crippen molar-refractivity contribution in [3.8, 4) is 5.69 Å². The molecule has 1 aliphatic heterocycles. The molecule has 154 valence electrons. The molecule has 1 fully saturated rings. The molecule has 0 aliphatic carbocycles. The first-order valence-corrected chi connectivity index (χ1v) is 10.9. The van der Waals surface area contributed by atoms with Crippen LogP contribution in [0.15, 0.2) is 91.3 Å². The minimum absolute atomic E-state index is 0.0834. The van der Waals surface area contributed by atoms with E-state index in [2.05, 4.69) is 69.3 Å². The van der Waals surface area contributed by atoms with Crippen LogP contribution in [-0.2, 0) is 0 Å². The molecule has 0 radical (unpaired) electrons. The quantitative estimate of drug-likeness (QED) is 0.391. The van der Waals surface area contributed by atoms with Gasteiger partial charge >= 0.3 is 0 Å². The largest absolute Gasteiger partial charge is 0.351 e. The molecule has 1 N–H and O–H groups in total. The van der Waals surface area contributed by atoms with Crippen molar-refractivity contribution in [1.82, 2.24) is 14.9 Å². The fraction of sp³-hybridized carbons (Fsp3) is 0.120. The molecule has 31 heavy (non-hydrogen) atoms. The number of aromatic nitrogens is 2. The SMILES string of the molecule is Cc1ccc(-n2cccc2[C@H]2[C@H](c3ccccn3)NC(=S)N2c2ccc(Cl)cc2)cc1. The molecule has 2 atom stereocenters. The first kappa shape index (κ1) is 19.8. The molecule has 4 aromatic rings. The van der Waals surface area contributed by atoms with Gasteiger partial charge in [-0.05, 0) is 79.8 Å². The normalized spacial score (nSPS) is 18.3. The van der Waals surface area contributed by atoms with Crippen LogP contribution in [0, 0.1) is 6.92 Å². The van der Waals surface area contributed by atoms with Gasteiger partial charge in [0.05, 0.1) is 11.7 Å². The summed E-state index contributed by atoms with van der Waals surface area (Å²) in [6.07, 6.45) is 3.91. The first-order chi connectivity index (χ1) is 15.1. The standard InChI is InChI=1S/C25H21ClN4S/c1-17-7-11-19(12-8-17)29-16-4-6-22(29)24-23(21-5-2-3-15-27-21)28-25(31)30(24)20-13-9-18(26)10-14-20/h2-16,23-24H,1H3,(H,28,31)/t23-,24-/m0/s1. The monoisotopic (exact) mass is 444 g/mol. The Morgan fingerprint density at radius 2 is 1.65 bits per heavy atom. The van der Waals surface area contributed by atoms with Gasteiger partial charge in [0.15, 0.2) is 5.11 Å². The van der Waals surface area contributed by atoms with Crippen LogP contribution in [0.5, 0.6) is 0 Å². The predicted molar refractivity (Wildman–Crippen MR) is 130 cm³/mol. The number of nitrogens with zero attached hydrogens (tertiary/aromatic N) is 3. The van der Waals surface area contributed by atoms with Crippen molar-refractivity contribution in [3.05, 3.63) is 113 Å². The van der Waals surface area contributed by atoms with Crippen molar-refractivity contribution in [1.29, 1.82) is 0 Å². The van der Waals surface area contributed by atoms with E-state index in [-0.39, 0.29) is 12.1 Å². The van der Waals surface area contributed by atoms with E-state index in [0.29, 0.717) is 10.1 Å². The van der Waals surface area contributed by atoms with Crippen LogP contribution in [0.2, 0.25) is 5.02 Å². The van der Waals surface area contributed by atoms with Gasteiger partial charge in [-0.15, -0.1) is 0 Å². The summed E-state index contributed by atoms with van der Waals surface area (Å²) in [5.74, 6) is 0. The van der Waals surface area contributed by atoms with Crippen molar-refractivity contribution in [2.45, 2.75) is 19.0 Å². The van der Waals surface area contributed by atoms with E-state index in [1.807, 2.05) is 48.7 Å². The van der Waals surface area contributed by atoms with Crippen molar-refractivity contribution < 1.29 is 0 Å². The summed E-state index contributed by atoms with van der Waals surface area (Å²) in [6.45, 7) is 2.10. The Labute approximate surface area is 192 Å². The second-order valence-corrected chi connectivity index (χ2v) is 8.43. The van der Waals surface area contributed by atoms with E-state index in [1.165, 1.54) is 5.56 Å². The lowest BCUT2D eigenvalue weighted by Crippen LogP contribution is -2.30. The molecule has 0 unspecified atom stereocenters. The molecule has 1 aliphatic rings. The molecular weight excluding hydrogens is 424 g/mol. The van der Waals surface area contributed by atoms with Crippen LogP contribution in [-0.4, -0.2) is 14.7 Å². The molecule has 1 saturated heterocycles. The zero-order valence-corrected chi connectivity index (χ0v) is 18.5. The maximum Gasteiger partial charge on any atom is 0.174 e. The second kappa shape index (κ2) is 8.17. The Bertz CT molecular complexity index is 1200. The minimum Gasteiger partial charge on any atom is -0.351 e. The summed E-state index contributed by atoms with van der Waals surface area (Å²) in [5.41, 5.74) is 5.40. The van der Waals surface area contributed by atoms with Crippen LogP contribution in [0.1, 0.15) is 29.0 Å². The molecule has 0 bridgehead atoms. The van der Waals surface area contributed by atoms with E-state index in [0.717, 1.165) is 22.8 Å². The number of hydrogen-bond acceptors (Lipinski definition) is 2. The zero-order valence-electron chi connectivity index (χ0n) is 16.9. The minimum atomic E-state index is -0.0940. The van der Waals surface area contributed by atoms with Gasteiger partial charge in [0.2, 0.25) is 0 Å². The van der Waals surface area contributed by atoms with Crippen LogP contribution < -0.4 is 10.2 Å². The molecule has 6 heteroatoms. The number of benzene rings is 2. The maximum absolute atomic E-state index is 6.15. The number of nitrogens with one attached hydrogen (secondary N) is 1. The number of pyridine rings is 1. The molecule has 5 rings (SSSR count). The molecule has 0 amide bonds. The van der Waals surface area contributed by atoms with Crippen LogP contribution in [0.25, 0.3) is 5.69 Å². The number of aryl methyl sites for hydroxylation is 1. The van der Waals surface area contributed by atoms with Crippen molar-refractivity contribution >= 4 is 34.6 Å². The summed E-state index contributed by atoms with van der Waals surface area (Å²) < 4.78 is 2.22. The molecule has 3 heterocycles. The van der Waals surface area contributed by atoms with Crippen LogP contribution in [0.3, 0.4) is 0 Å². The number of rotatable bonds is 4. The lowest BCUT2D eigenvalue weighted by atomic mass is 10.0. The topological polar surface area (TPSA) is 33.1 Å². The van der Waals surface area contributed by atoms with Crippen molar-refractivity contribution in [3.63, 3.8) is 0 Å². The Morgan fingerprint density at radius 1 is 0.903 bits per heavy atom. The molecule has 2 aromatic carbocycles. The van der Waals surface area contributed by atoms with Crippen molar-refractivity contribution in [2.75, 3.05) is 4.90 Å². The summed E-state index contributed by atoms with van der Waals surface area (Å²) >= 11 is 12.0. The molecular formula is C25H21ClN4S. The third-order valence-corrected chi connectivity index (χ3v) is 6.16. The zero-order chi connectivity index (χ0) is 21.4. The van der Waals surface area contributed by atoms with E-state index in [9.17, 15) is 0 Å². The highest BCUT2D eigenvalue weighted by atomic mass is 35.5. The summed E-state index contributed by atoms with van der Waals surface area (Å²) in [7, 11) is 0. The predicted octanol–water partition coefficient (Wildman–Crippen LogP) is 6.01. The maximum atomic E-state index is 6.15. The number of halogens is 1. The fourth-order valence-corrected chi connectivity index (χ4v) is 4.58. The molecule has 2 aromatic heterocycles. The number of thiocarbonyl (C=S) groups is 1. The number of anilines is 1. The Kier molecular flexibility index (Phi) is 5.22. The lowest BCUT2D eigenvalue weighted by molar-refractivity contribution is 0.549. The Morgan fingerprint density at radius 3 is 2.35 bits per heavy atom. The van der Waals surface area contributed by atoms with E-state index in [1.54, 1.807) is 0 Å². The van der Waals surface area contributed by atoms with Gasteiger partial charge < -0.3 is 14.8 Å². The highest BCUT2D eigenvalue weighted by Crippen LogP contribution is 2.42. The third kappa shape index (κ3) is 3.71. The Hall–Kier alpha value is -3.15. The highest BCUT2D eigenvalue weighted by molar-refractivity contribution is 7.80. The smallest absolute Gasteiger partial charge is 0.174 e. The van der Waals surface area contributed by atoms with Gasteiger partial charge in [0, 0.05) is 34.5 Å². The lowest BCUT2D eigenvalue weighted by Gasteiger charge is -2.29. The van der Waals surface area contributed by atoms with Crippen LogP contribution >= 0.6 is 23.8 Å². The average molecular weight is 445 g/mol. The van der Waals surface area contributed by atoms with Crippen molar-refractivity contribution in [2.24, 2.45) is 0 Å². The average Bonchev–Trinajstić information content (AvgIpc) is 3.40. The number of hydrogen-bond donors (Lipinski definition) is 1. The van der Waals surface area contributed by atoms with E-state index < -0.39 is 0 Å². The van der Waals surface area contributed by atoms with Gasteiger partial charge in [-0.3, -0.25) is 4.98 Å². The van der Waals surface area contributed by atoms with Gasteiger partial charge in [-0.2, -0.15) is 0 Å². The van der Waals surface area contributed by atoms with E-state index in [4.69, 9.17) is 23.8 Å². The molecule has 0 spiro atoms. The van der Waals surface area contributed by atoms with Gasteiger partial charge in [0.25, 0.3) is 0 Å². The second-order valence-electron chi connectivity index (χ2n) is 7.61. The summed E-state index contributed by atoms with van der Waals surface area (Å²) in [6, 6.07) is 26.4. The Balaban J connectivity index is 1.66. The molecule has 4 nitrogen and oxygen atoms in total.